The zero-order valence-corrected chi connectivity index (χ0v) is 9.11. The first-order valence-corrected chi connectivity index (χ1v) is 4.81. The average Bonchev–Trinajstić information content (AvgIpc) is 2.73. The van der Waals surface area contributed by atoms with Gasteiger partial charge in [-0.1, -0.05) is 5.16 Å². The maximum atomic E-state index is 5.08. The van der Waals surface area contributed by atoms with Gasteiger partial charge in [0.25, 0.3) is 0 Å². The number of aromatic nitrogens is 3. The molecular formula is C10H14N4O. The van der Waals surface area contributed by atoms with Gasteiger partial charge in [-0.15, -0.1) is 0 Å². The number of hydrogen-bond acceptors (Lipinski definition) is 4. The predicted molar refractivity (Wildman–Crippen MR) is 56.5 cm³/mol. The van der Waals surface area contributed by atoms with Crippen LogP contribution in [0.15, 0.2) is 16.9 Å². The van der Waals surface area contributed by atoms with Crippen LogP contribution in [0.4, 0.5) is 5.69 Å². The molecule has 15 heavy (non-hydrogen) atoms. The lowest BCUT2D eigenvalue weighted by atomic mass is 10.2. The summed E-state index contributed by atoms with van der Waals surface area (Å²) in [6.07, 6.45) is 3.72. The van der Waals surface area contributed by atoms with Gasteiger partial charge in [-0.05, 0) is 13.8 Å². The van der Waals surface area contributed by atoms with E-state index in [-0.39, 0.29) is 0 Å². The summed E-state index contributed by atoms with van der Waals surface area (Å²) in [5.41, 5.74) is 3.04. The van der Waals surface area contributed by atoms with Crippen LogP contribution in [-0.2, 0) is 13.6 Å². The second-order valence-corrected chi connectivity index (χ2v) is 3.56. The first-order valence-electron chi connectivity index (χ1n) is 4.81. The number of nitrogens with zero attached hydrogens (tertiary/aromatic N) is 3. The fraction of sp³-hybridized carbons (Fsp3) is 0.400. The Kier molecular flexibility index (Phi) is 2.45. The molecule has 0 amide bonds. The molecule has 0 aromatic carbocycles. The van der Waals surface area contributed by atoms with Crippen molar-refractivity contribution in [1.82, 2.24) is 14.9 Å². The van der Waals surface area contributed by atoms with Crippen molar-refractivity contribution in [2.45, 2.75) is 20.4 Å². The van der Waals surface area contributed by atoms with Crippen LogP contribution in [0, 0.1) is 13.8 Å². The highest BCUT2D eigenvalue weighted by atomic mass is 16.5. The zero-order chi connectivity index (χ0) is 10.8. The molecule has 2 rings (SSSR count). The lowest BCUT2D eigenvalue weighted by Gasteiger charge is -2.01. The summed E-state index contributed by atoms with van der Waals surface area (Å²) < 4.78 is 6.84. The normalized spacial score (nSPS) is 10.6. The third kappa shape index (κ3) is 2.01. The highest BCUT2D eigenvalue weighted by Crippen LogP contribution is 2.14. The Bertz CT molecular complexity index is 438. The van der Waals surface area contributed by atoms with Crippen LogP contribution < -0.4 is 5.32 Å². The maximum Gasteiger partial charge on any atom is 0.138 e. The van der Waals surface area contributed by atoms with Crippen LogP contribution in [0.25, 0.3) is 0 Å². The summed E-state index contributed by atoms with van der Waals surface area (Å²) >= 11 is 0. The van der Waals surface area contributed by atoms with E-state index >= 15 is 0 Å². The van der Waals surface area contributed by atoms with E-state index in [1.54, 1.807) is 10.9 Å². The van der Waals surface area contributed by atoms with Crippen molar-refractivity contribution in [3.63, 3.8) is 0 Å². The van der Waals surface area contributed by atoms with Crippen LogP contribution in [-0.4, -0.2) is 14.9 Å². The summed E-state index contributed by atoms with van der Waals surface area (Å²) in [7, 11) is 1.89. The largest absolute Gasteiger partial charge is 0.378 e. The molecule has 0 saturated heterocycles. The van der Waals surface area contributed by atoms with Crippen LogP contribution in [0.2, 0.25) is 0 Å². The topological polar surface area (TPSA) is 55.9 Å². The molecule has 0 atom stereocenters. The second-order valence-electron chi connectivity index (χ2n) is 3.56. The van der Waals surface area contributed by atoms with Crippen molar-refractivity contribution in [1.29, 1.82) is 0 Å². The zero-order valence-electron chi connectivity index (χ0n) is 9.11. The third-order valence-electron chi connectivity index (χ3n) is 2.36. The van der Waals surface area contributed by atoms with Crippen LogP contribution >= 0.6 is 0 Å². The number of aryl methyl sites for hydroxylation is 3. The van der Waals surface area contributed by atoms with Gasteiger partial charge >= 0.3 is 0 Å². The van der Waals surface area contributed by atoms with Crippen molar-refractivity contribution in [3.05, 3.63) is 29.4 Å². The molecule has 0 aliphatic carbocycles. The molecule has 0 aliphatic heterocycles. The summed E-state index contributed by atoms with van der Waals surface area (Å²) in [6.45, 7) is 4.57. The van der Waals surface area contributed by atoms with E-state index in [1.165, 1.54) is 0 Å². The van der Waals surface area contributed by atoms with Crippen molar-refractivity contribution < 1.29 is 4.52 Å². The first-order chi connectivity index (χ1) is 7.16. The Hall–Kier alpha value is -1.78. The minimum Gasteiger partial charge on any atom is -0.378 e. The molecule has 5 heteroatoms. The number of rotatable bonds is 3. The van der Waals surface area contributed by atoms with Gasteiger partial charge in [0.2, 0.25) is 0 Å². The summed E-state index contributed by atoms with van der Waals surface area (Å²) in [6, 6.07) is 0. The van der Waals surface area contributed by atoms with E-state index in [4.69, 9.17) is 4.52 Å². The van der Waals surface area contributed by atoms with Crippen molar-refractivity contribution >= 4 is 5.69 Å². The molecule has 5 nitrogen and oxygen atoms in total. The smallest absolute Gasteiger partial charge is 0.138 e. The number of nitrogens with one attached hydrogen (secondary N) is 1. The highest BCUT2D eigenvalue weighted by molar-refractivity contribution is 5.39. The molecule has 0 unspecified atom stereocenters. The lowest BCUT2D eigenvalue weighted by Crippen LogP contribution is -2.00. The first kappa shape index (κ1) is 9.76. The fourth-order valence-electron chi connectivity index (χ4n) is 1.46. The fourth-order valence-corrected chi connectivity index (χ4v) is 1.46. The van der Waals surface area contributed by atoms with E-state index in [2.05, 4.69) is 15.6 Å². The number of hydrogen-bond donors (Lipinski definition) is 1. The van der Waals surface area contributed by atoms with E-state index in [0.717, 1.165) is 22.7 Å². The molecule has 0 saturated carbocycles. The second kappa shape index (κ2) is 3.76. The molecule has 1 N–H and O–H groups in total. The van der Waals surface area contributed by atoms with Gasteiger partial charge in [-0.2, -0.15) is 5.10 Å². The number of anilines is 1. The summed E-state index contributed by atoms with van der Waals surface area (Å²) in [5, 5.41) is 11.2. The van der Waals surface area contributed by atoms with Gasteiger partial charge in [-0.25, -0.2) is 0 Å². The molecule has 0 aliphatic rings. The minimum atomic E-state index is 0.715. The maximum absolute atomic E-state index is 5.08. The molecule has 2 heterocycles. The van der Waals surface area contributed by atoms with Crippen LogP contribution in [0.1, 0.15) is 17.0 Å². The van der Waals surface area contributed by atoms with E-state index < -0.39 is 0 Å². The minimum absolute atomic E-state index is 0.715. The Morgan fingerprint density at radius 3 is 2.80 bits per heavy atom. The predicted octanol–water partition coefficient (Wildman–Crippen LogP) is 1.64. The molecule has 0 spiro atoms. The molecule has 2 aromatic rings. The van der Waals surface area contributed by atoms with Crippen LogP contribution in [0.3, 0.4) is 0 Å². The quantitative estimate of drug-likeness (QED) is 0.829. The molecule has 2 aromatic heterocycles. The lowest BCUT2D eigenvalue weighted by molar-refractivity contribution is 0.392. The van der Waals surface area contributed by atoms with Crippen LogP contribution in [0.5, 0.6) is 0 Å². The van der Waals surface area contributed by atoms with Gasteiger partial charge in [0.1, 0.15) is 5.76 Å². The Balaban J connectivity index is 2.05. The van der Waals surface area contributed by atoms with Crippen molar-refractivity contribution in [3.8, 4) is 0 Å². The van der Waals surface area contributed by atoms with Crippen molar-refractivity contribution in [2.75, 3.05) is 5.32 Å². The summed E-state index contributed by atoms with van der Waals surface area (Å²) in [4.78, 5) is 0. The van der Waals surface area contributed by atoms with E-state index in [9.17, 15) is 0 Å². The van der Waals surface area contributed by atoms with E-state index in [1.807, 2.05) is 27.1 Å². The summed E-state index contributed by atoms with van der Waals surface area (Å²) in [5.74, 6) is 0.865. The van der Waals surface area contributed by atoms with E-state index in [0.29, 0.717) is 6.54 Å². The third-order valence-corrected chi connectivity index (χ3v) is 2.36. The van der Waals surface area contributed by atoms with Gasteiger partial charge < -0.3 is 9.84 Å². The Morgan fingerprint density at radius 2 is 2.27 bits per heavy atom. The van der Waals surface area contributed by atoms with Gasteiger partial charge in [0.15, 0.2) is 0 Å². The van der Waals surface area contributed by atoms with Gasteiger partial charge in [0, 0.05) is 25.4 Å². The average molecular weight is 206 g/mol. The van der Waals surface area contributed by atoms with Gasteiger partial charge in [0.05, 0.1) is 17.6 Å². The molecular weight excluding hydrogens is 192 g/mol. The molecule has 0 bridgehead atoms. The van der Waals surface area contributed by atoms with Crippen molar-refractivity contribution in [2.24, 2.45) is 7.05 Å². The molecule has 0 radical (unpaired) electrons. The molecule has 0 fully saturated rings. The van der Waals surface area contributed by atoms with Gasteiger partial charge in [-0.3, -0.25) is 4.68 Å². The standard InChI is InChI=1S/C10H14N4O/c1-7-10(8(2)15-13-7)5-11-9-4-12-14(3)6-9/h4,6,11H,5H2,1-3H3. The Labute approximate surface area is 88.1 Å². The SMILES string of the molecule is Cc1noc(C)c1CNc1cnn(C)c1. The molecule has 80 valence electrons. The monoisotopic (exact) mass is 206 g/mol. The highest BCUT2D eigenvalue weighted by Gasteiger charge is 2.08. The Morgan fingerprint density at radius 1 is 1.47 bits per heavy atom.